The monoisotopic (exact) mass is 368 g/mol. The number of carbonyl (C=O) groups excluding carboxylic acids is 1. The van der Waals surface area contributed by atoms with Gasteiger partial charge in [-0.3, -0.25) is 9.59 Å². The summed E-state index contributed by atoms with van der Waals surface area (Å²) in [6.07, 6.45) is 1.27. The Morgan fingerprint density at radius 1 is 1.11 bits per heavy atom. The van der Waals surface area contributed by atoms with Crippen molar-refractivity contribution < 1.29 is 4.79 Å². The van der Waals surface area contributed by atoms with E-state index in [1.54, 1.807) is 0 Å². The third-order valence-corrected chi connectivity index (χ3v) is 5.41. The predicted octanol–water partition coefficient (Wildman–Crippen LogP) is 1.07. The summed E-state index contributed by atoms with van der Waals surface area (Å²) >= 11 is 0. The van der Waals surface area contributed by atoms with E-state index >= 15 is 0 Å². The zero-order valence-electron chi connectivity index (χ0n) is 15.8. The summed E-state index contributed by atoms with van der Waals surface area (Å²) in [5.41, 5.74) is 0.865. The third-order valence-electron chi connectivity index (χ3n) is 5.41. The fraction of sp³-hybridized carbons (Fsp3) is 0.526. The van der Waals surface area contributed by atoms with Crippen molar-refractivity contribution >= 4 is 11.7 Å². The Kier molecular flexibility index (Phi) is 4.20. The van der Waals surface area contributed by atoms with Crippen LogP contribution < -0.4 is 10.5 Å². The van der Waals surface area contributed by atoms with E-state index in [4.69, 9.17) is 0 Å². The van der Waals surface area contributed by atoms with Gasteiger partial charge in [0.2, 0.25) is 0 Å². The Morgan fingerprint density at radius 2 is 1.81 bits per heavy atom. The van der Waals surface area contributed by atoms with Gasteiger partial charge in [-0.2, -0.15) is 5.10 Å². The Balaban J connectivity index is 1.41. The van der Waals surface area contributed by atoms with Gasteiger partial charge in [-0.1, -0.05) is 20.8 Å². The molecular weight excluding hydrogens is 344 g/mol. The van der Waals surface area contributed by atoms with Crippen molar-refractivity contribution in [3.05, 3.63) is 46.3 Å². The number of anilines is 1. The number of H-pyrrole nitrogens is 1. The molecule has 0 radical (unpaired) electrons. The topological polar surface area (TPSA) is 95.1 Å². The van der Waals surface area contributed by atoms with Crippen molar-refractivity contribution in [3.63, 3.8) is 0 Å². The fourth-order valence-electron chi connectivity index (χ4n) is 3.89. The van der Waals surface area contributed by atoms with E-state index in [-0.39, 0.29) is 22.6 Å². The average Bonchev–Trinajstić information content (AvgIpc) is 3.19. The number of hydrogen-bond donors (Lipinski definition) is 1. The zero-order chi connectivity index (χ0) is 19.2. The first-order valence-electron chi connectivity index (χ1n) is 9.24. The summed E-state index contributed by atoms with van der Waals surface area (Å²) in [6, 6.07) is 5.34. The van der Waals surface area contributed by atoms with Gasteiger partial charge in [0.15, 0.2) is 5.82 Å². The highest BCUT2D eigenvalue weighted by Crippen LogP contribution is 2.34. The third kappa shape index (κ3) is 3.43. The van der Waals surface area contributed by atoms with Gasteiger partial charge >= 0.3 is 0 Å². The van der Waals surface area contributed by atoms with Gasteiger partial charge in [-0.15, -0.1) is 5.10 Å². The van der Waals surface area contributed by atoms with Crippen molar-refractivity contribution in [1.82, 2.24) is 25.1 Å². The molecule has 8 nitrogen and oxygen atoms in total. The zero-order valence-corrected chi connectivity index (χ0v) is 15.8. The smallest absolute Gasteiger partial charge is 0.272 e. The van der Waals surface area contributed by atoms with Crippen LogP contribution in [0.2, 0.25) is 0 Å². The lowest BCUT2D eigenvalue weighted by molar-refractivity contribution is 0.0776. The molecule has 2 aliphatic rings. The van der Waals surface area contributed by atoms with Crippen LogP contribution in [0.5, 0.6) is 0 Å². The second kappa shape index (κ2) is 6.44. The van der Waals surface area contributed by atoms with Crippen molar-refractivity contribution in [2.45, 2.75) is 26.2 Å². The lowest BCUT2D eigenvalue weighted by Crippen LogP contribution is -2.34. The van der Waals surface area contributed by atoms with Gasteiger partial charge < -0.3 is 14.8 Å². The van der Waals surface area contributed by atoms with Crippen LogP contribution in [0.4, 0.5) is 5.82 Å². The molecule has 2 aromatic rings. The molecule has 0 spiro atoms. The number of nitrogens with zero attached hydrogens (tertiary/aromatic N) is 5. The first-order chi connectivity index (χ1) is 12.8. The normalized spacial score (nSPS) is 22.2. The molecule has 1 amide bonds. The van der Waals surface area contributed by atoms with Gasteiger partial charge in [0.1, 0.15) is 5.69 Å². The molecule has 2 fully saturated rings. The van der Waals surface area contributed by atoms with E-state index in [1.165, 1.54) is 12.4 Å². The van der Waals surface area contributed by atoms with Crippen LogP contribution >= 0.6 is 0 Å². The number of hydrogen-bond acceptors (Lipinski definition) is 6. The molecule has 4 heterocycles. The number of likely N-dealkylation sites (tertiary alicyclic amines) is 1. The number of fused-ring (bicyclic) bond motifs is 1. The number of aromatic nitrogens is 4. The summed E-state index contributed by atoms with van der Waals surface area (Å²) in [6.45, 7) is 9.46. The first-order valence-corrected chi connectivity index (χ1v) is 9.24. The lowest BCUT2D eigenvalue weighted by Gasteiger charge is -2.23. The summed E-state index contributed by atoms with van der Waals surface area (Å²) in [5, 5.41) is 8.80. The second-order valence-corrected chi connectivity index (χ2v) is 8.46. The first kappa shape index (κ1) is 17.6. The molecule has 1 N–H and O–H groups in total. The molecule has 2 unspecified atom stereocenters. The number of nitrogens with one attached hydrogen (secondary N) is 1. The molecule has 0 aromatic carbocycles. The van der Waals surface area contributed by atoms with Crippen molar-refractivity contribution in [2.24, 2.45) is 11.8 Å². The maximum absolute atomic E-state index is 12.6. The van der Waals surface area contributed by atoms with Crippen LogP contribution in [0.25, 0.3) is 0 Å². The maximum Gasteiger partial charge on any atom is 0.272 e. The fourth-order valence-corrected chi connectivity index (χ4v) is 3.89. The summed E-state index contributed by atoms with van der Waals surface area (Å²) in [5.74, 6) is 1.53. The molecule has 2 saturated heterocycles. The van der Waals surface area contributed by atoms with Crippen molar-refractivity contribution in [3.8, 4) is 0 Å². The molecule has 4 rings (SSSR count). The van der Waals surface area contributed by atoms with E-state index in [9.17, 15) is 9.59 Å². The number of rotatable bonds is 2. The number of amides is 1. The molecule has 0 aliphatic carbocycles. The highest BCUT2D eigenvalue weighted by molar-refractivity contribution is 5.92. The Hall–Kier alpha value is -2.77. The molecule has 27 heavy (non-hydrogen) atoms. The molecular formula is C19H24N6O2. The molecule has 2 aliphatic heterocycles. The second-order valence-electron chi connectivity index (χ2n) is 8.46. The molecule has 0 saturated carbocycles. The SMILES string of the molecule is CC(C)(C)c1ccc(N2CC3CN(C(=O)c4cc(=O)[nH]cn4)CC3C2)nn1. The van der Waals surface area contributed by atoms with E-state index in [0.717, 1.165) is 24.6 Å². The van der Waals surface area contributed by atoms with Gasteiger partial charge in [-0.05, 0) is 12.1 Å². The van der Waals surface area contributed by atoms with Crippen molar-refractivity contribution in [2.75, 3.05) is 31.1 Å². The highest BCUT2D eigenvalue weighted by atomic mass is 16.2. The Morgan fingerprint density at radius 3 is 2.37 bits per heavy atom. The lowest BCUT2D eigenvalue weighted by atomic mass is 9.92. The highest BCUT2D eigenvalue weighted by Gasteiger charge is 2.42. The predicted molar refractivity (Wildman–Crippen MR) is 101 cm³/mol. The average molecular weight is 368 g/mol. The van der Waals surface area contributed by atoms with Gasteiger partial charge in [0, 0.05) is 49.5 Å². The Bertz CT molecular complexity index is 887. The molecule has 0 bridgehead atoms. The number of aromatic amines is 1. The summed E-state index contributed by atoms with van der Waals surface area (Å²) in [7, 11) is 0. The Labute approximate surface area is 157 Å². The van der Waals surface area contributed by atoms with Crippen LogP contribution in [0, 0.1) is 11.8 Å². The van der Waals surface area contributed by atoms with E-state index in [1.807, 2.05) is 17.0 Å². The van der Waals surface area contributed by atoms with E-state index in [0.29, 0.717) is 24.9 Å². The maximum atomic E-state index is 12.6. The standard InChI is InChI=1S/C19H24N6O2/c1-19(2,3)15-4-5-16(23-22-15)24-7-12-9-25(10-13(12)8-24)18(27)14-6-17(26)21-11-20-14/h4-6,11-13H,7-10H2,1-3H3,(H,20,21,26). The van der Waals surface area contributed by atoms with Crippen LogP contribution in [0.1, 0.15) is 37.0 Å². The van der Waals surface area contributed by atoms with Gasteiger partial charge in [-0.25, -0.2) is 4.98 Å². The van der Waals surface area contributed by atoms with E-state index < -0.39 is 0 Å². The molecule has 2 atom stereocenters. The van der Waals surface area contributed by atoms with Gasteiger partial charge in [0.25, 0.3) is 11.5 Å². The molecule has 142 valence electrons. The summed E-state index contributed by atoms with van der Waals surface area (Å²) in [4.78, 5) is 34.5. The largest absolute Gasteiger partial charge is 0.354 e. The van der Waals surface area contributed by atoms with Gasteiger partial charge in [0.05, 0.1) is 12.0 Å². The molecule has 2 aromatic heterocycles. The minimum atomic E-state index is -0.309. The van der Waals surface area contributed by atoms with E-state index in [2.05, 4.69) is 45.8 Å². The quantitative estimate of drug-likeness (QED) is 0.852. The minimum absolute atomic E-state index is 0.0128. The van der Waals surface area contributed by atoms with Crippen LogP contribution in [-0.2, 0) is 5.41 Å². The van der Waals surface area contributed by atoms with Crippen LogP contribution in [0.3, 0.4) is 0 Å². The van der Waals surface area contributed by atoms with Crippen LogP contribution in [-0.4, -0.2) is 57.2 Å². The van der Waals surface area contributed by atoms with Crippen LogP contribution in [0.15, 0.2) is 29.3 Å². The number of carbonyl (C=O) groups is 1. The molecule has 8 heteroatoms. The minimum Gasteiger partial charge on any atom is -0.354 e. The van der Waals surface area contributed by atoms with Crippen molar-refractivity contribution in [1.29, 1.82) is 0 Å². The summed E-state index contributed by atoms with van der Waals surface area (Å²) < 4.78 is 0.